The van der Waals surface area contributed by atoms with Gasteiger partial charge in [0.05, 0.1) is 64.2 Å². The molecule has 0 saturated carbocycles. The minimum atomic E-state index is -2.04. The molecule has 0 unspecified atom stereocenters. The first-order valence-corrected chi connectivity index (χ1v) is 27.4. The number of hydrogen-bond donors (Lipinski definition) is 8. The van der Waals surface area contributed by atoms with Crippen LogP contribution in [0.4, 0.5) is 15.8 Å². The number of Topliss-reactive ketones (excluding diaryl/α,β-unsaturated/α-hetero) is 1. The zero-order valence-electron chi connectivity index (χ0n) is 48.2. The third-order valence-corrected chi connectivity index (χ3v) is 16.0. The summed E-state index contributed by atoms with van der Waals surface area (Å²) in [5.74, 6) is -10.1. The quantitative estimate of drug-likeness (QED) is 0.0483. The predicted octanol–water partition coefficient (Wildman–Crippen LogP) is 5.60. The summed E-state index contributed by atoms with van der Waals surface area (Å²) in [7, 11) is 3.42. The van der Waals surface area contributed by atoms with Gasteiger partial charge in [-0.1, -0.05) is 45.9 Å². The normalized spacial score (nSPS) is 27.3. The number of aliphatic hydroxyl groups is 2. The lowest BCUT2D eigenvalue weighted by Crippen LogP contribution is -2.46. The molecule has 22 nitrogen and oxygen atoms in total. The molecule has 2 saturated heterocycles. The van der Waals surface area contributed by atoms with Crippen molar-refractivity contribution in [1.29, 1.82) is 0 Å². The van der Waals surface area contributed by atoms with E-state index in [2.05, 4.69) is 20.6 Å². The lowest BCUT2D eigenvalue weighted by atomic mass is 9.78. The van der Waals surface area contributed by atoms with Gasteiger partial charge in [-0.05, 0) is 46.0 Å². The summed E-state index contributed by atoms with van der Waals surface area (Å²) in [6.07, 6.45) is 6.19. The Morgan fingerprint density at radius 1 is 0.915 bits per heavy atom. The smallest absolute Gasteiger partial charge is 0.341 e. The molecule has 1 aromatic heterocycles. The minimum absolute atomic E-state index is 0.0559. The third kappa shape index (κ3) is 12.6. The maximum Gasteiger partial charge on any atom is 0.341 e. The number of carboxylic acids is 1. The van der Waals surface area contributed by atoms with Crippen LogP contribution in [-0.4, -0.2) is 172 Å². The third-order valence-electron chi connectivity index (χ3n) is 16.0. The Balaban J connectivity index is 0.000000348. The Morgan fingerprint density at radius 2 is 1.59 bits per heavy atom. The Kier molecular flexibility index (Phi) is 19.4. The highest BCUT2D eigenvalue weighted by molar-refractivity contribution is 6.24. The van der Waals surface area contributed by atoms with Crippen LogP contribution in [0.1, 0.15) is 87.2 Å². The number of likely N-dealkylation sites (N-methyl/N-ethyl adjacent to an activating group) is 1. The van der Waals surface area contributed by atoms with Crippen LogP contribution in [0.15, 0.2) is 64.4 Å². The molecular weight excluding hydrogens is 1070 g/mol. The number of aromatic carboxylic acids is 1. The van der Waals surface area contributed by atoms with E-state index in [1.807, 2.05) is 18.9 Å². The van der Waals surface area contributed by atoms with E-state index >= 15 is 0 Å². The summed E-state index contributed by atoms with van der Waals surface area (Å²) in [4.78, 5) is 68.1. The first-order valence-electron chi connectivity index (χ1n) is 27.4. The second kappa shape index (κ2) is 25.7. The Hall–Kier alpha value is -7.57. The Bertz CT molecular complexity index is 3290. The number of ketones is 1. The van der Waals surface area contributed by atoms with Crippen molar-refractivity contribution in [3.05, 3.63) is 92.8 Å². The van der Waals surface area contributed by atoms with E-state index in [1.54, 1.807) is 55.5 Å². The van der Waals surface area contributed by atoms with Gasteiger partial charge in [-0.15, -0.1) is 0 Å². The number of phenols is 3. The van der Waals surface area contributed by atoms with Crippen LogP contribution in [0.3, 0.4) is 0 Å². The van der Waals surface area contributed by atoms with Crippen molar-refractivity contribution >= 4 is 62.9 Å². The number of hydrogen-bond acceptors (Lipinski definition) is 19. The number of ether oxygens (including phenoxy) is 4. The summed E-state index contributed by atoms with van der Waals surface area (Å²) in [6.45, 7) is 20.4. The largest absolute Gasteiger partial charge is 0.507 e. The van der Waals surface area contributed by atoms with Crippen LogP contribution in [0.25, 0.3) is 21.7 Å². The fourth-order valence-electron chi connectivity index (χ4n) is 10.9. The fourth-order valence-corrected chi connectivity index (χ4v) is 10.9. The second-order valence-electron chi connectivity index (χ2n) is 21.6. The number of benzene rings is 3. The maximum absolute atomic E-state index is 14.5. The number of nitrogens with zero attached hydrogens (tertiary/aromatic N) is 5. The van der Waals surface area contributed by atoms with Crippen LogP contribution in [-0.2, 0) is 30.3 Å². The topological polar surface area (TPSA) is 295 Å². The second-order valence-corrected chi connectivity index (χ2v) is 21.6. The van der Waals surface area contributed by atoms with E-state index in [-0.39, 0.29) is 55.4 Å². The average molecular weight is 1140 g/mol. The Labute approximate surface area is 474 Å². The molecule has 8 N–H and O–H groups in total. The number of nitrogens with one attached hydrogen (secondary N) is 2. The lowest BCUT2D eigenvalue weighted by molar-refractivity contribution is -0.160. The molecule has 0 aliphatic carbocycles. The van der Waals surface area contributed by atoms with Gasteiger partial charge in [0, 0.05) is 132 Å². The molecular formula is C59H76FN7O15. The molecule has 5 aliphatic heterocycles. The molecule has 23 heteroatoms. The zero-order valence-corrected chi connectivity index (χ0v) is 48.2. The molecule has 1 amide bonds. The number of methoxy groups -OCH3 is 1. The highest BCUT2D eigenvalue weighted by Crippen LogP contribution is 2.55. The minimum Gasteiger partial charge on any atom is -0.507 e. The van der Waals surface area contributed by atoms with Crippen molar-refractivity contribution in [3.8, 4) is 23.0 Å². The molecule has 82 heavy (non-hydrogen) atoms. The van der Waals surface area contributed by atoms with Gasteiger partial charge in [-0.3, -0.25) is 24.2 Å². The zero-order chi connectivity index (χ0) is 60.2. The summed E-state index contributed by atoms with van der Waals surface area (Å²) in [5, 5.41) is 79.3. The molecule has 6 heterocycles. The van der Waals surface area contributed by atoms with Gasteiger partial charge in [0.2, 0.25) is 5.43 Å². The standard InChI is InChI=1S/C43H58N4O12.C16H18FN3O3/c1-21-12-11-13-22(2)42(55)45-33-28(20-44-47-17-15-46(9)16-18-47)37(52)30-31(38(33)53)36(51)26(6)40-32(30)41(54)43(8,59-40)57-19-14-29(56-10)23(3)39(58-27(7)48)25(5)35(50)24(4)34(21)49;1-2-19-9-11(16(22)23)15(21)10-7-12(17)14(8-13(10)19)20-5-3-18-4-6-20/h11-14,19-21,23-25,29,34-35,39,49-53H,15-18H2,1-10H3,(H,45,55);7-9,18H,2-6H2,1H3,(H,22,23)/b12-11+,19-14+,22-13-,44-20-;/t21-,23+,24+,25+,29-,34-,35+,39+,43-;/m0./s1. The number of hydrazone groups is 1. The number of pyridine rings is 1. The van der Waals surface area contributed by atoms with Crippen LogP contribution >= 0.6 is 0 Å². The van der Waals surface area contributed by atoms with Crippen LogP contribution in [0, 0.1) is 36.4 Å². The summed E-state index contributed by atoms with van der Waals surface area (Å²) < 4.78 is 39.8. The van der Waals surface area contributed by atoms with Gasteiger partial charge in [-0.25, -0.2) is 9.18 Å². The molecule has 444 valence electrons. The van der Waals surface area contributed by atoms with Crippen molar-refractivity contribution in [1.82, 2.24) is 19.8 Å². The van der Waals surface area contributed by atoms with Crippen molar-refractivity contribution < 1.29 is 73.2 Å². The molecule has 9 atom stereocenters. The highest BCUT2D eigenvalue weighted by atomic mass is 19.1. The molecule has 0 radical (unpaired) electrons. The number of carbonyl (C=O) groups is 4. The van der Waals surface area contributed by atoms with Gasteiger partial charge < -0.3 is 74.6 Å². The Morgan fingerprint density at radius 3 is 2.21 bits per heavy atom. The molecule has 5 aliphatic rings. The SMILES string of the molecule is CCn1cc(C(=O)O)c(=O)c2cc(F)c(N3CCNCC3)cc21.CO[C@H]1/C=C/O[C@@]2(C)Oc3c(C)c(O)c4c(O)c(c(/C=N\N5CCN(C)CC5)c(O)c4c3C2=O)NC(=O)/C(C)=C\C=C\[C@H](C)[C@H](O)[C@@H](C)[C@@H](O)[C@@H](C)[C@H](OC(C)=O)[C@@H]1C. The van der Waals surface area contributed by atoms with E-state index in [0.717, 1.165) is 32.2 Å². The van der Waals surface area contributed by atoms with Crippen molar-refractivity contribution in [2.45, 2.75) is 99.1 Å². The number of aromatic hydroxyl groups is 3. The average Bonchev–Trinajstić information content (AvgIpc) is 2.42. The van der Waals surface area contributed by atoms with Crippen molar-refractivity contribution in [3.63, 3.8) is 0 Å². The van der Waals surface area contributed by atoms with Gasteiger partial charge in [0.15, 0.2) is 5.75 Å². The van der Waals surface area contributed by atoms with E-state index in [0.29, 0.717) is 43.9 Å². The summed E-state index contributed by atoms with van der Waals surface area (Å²) in [5.41, 5.74) is -0.338. The number of halogens is 1. The molecule has 3 aromatic carbocycles. The number of esters is 1. The van der Waals surface area contributed by atoms with Crippen molar-refractivity contribution in [2.24, 2.45) is 28.8 Å². The van der Waals surface area contributed by atoms with Crippen LogP contribution in [0.5, 0.6) is 23.0 Å². The van der Waals surface area contributed by atoms with Crippen LogP contribution in [0.2, 0.25) is 0 Å². The molecule has 0 spiro atoms. The predicted molar refractivity (Wildman–Crippen MR) is 306 cm³/mol. The molecule has 4 aromatic rings. The fraction of sp³-hybridized carbons (Fsp3) is 0.492. The van der Waals surface area contributed by atoms with Gasteiger partial charge in [0.25, 0.3) is 11.7 Å². The lowest BCUT2D eigenvalue weighted by Gasteiger charge is -2.38. The molecule has 2 fully saturated rings. The van der Waals surface area contributed by atoms with Crippen molar-refractivity contribution in [2.75, 3.05) is 76.7 Å². The number of phenolic OH excluding ortho intramolecular Hbond substituents is 3. The number of rotatable bonds is 7. The number of carbonyl (C=O) groups excluding carboxylic acids is 3. The van der Waals surface area contributed by atoms with Crippen LogP contribution < -0.4 is 25.7 Å². The number of piperazine rings is 2. The van der Waals surface area contributed by atoms with E-state index in [4.69, 9.17) is 24.1 Å². The van der Waals surface area contributed by atoms with Gasteiger partial charge in [-0.2, -0.15) is 5.10 Å². The number of amides is 1. The summed E-state index contributed by atoms with van der Waals surface area (Å²) in [6, 6.07) is 2.81. The maximum atomic E-state index is 14.5. The first-order chi connectivity index (χ1) is 38.8. The number of anilines is 2. The summed E-state index contributed by atoms with van der Waals surface area (Å²) >= 11 is 0. The van der Waals surface area contributed by atoms with E-state index in [1.165, 1.54) is 65.6 Å². The highest BCUT2D eigenvalue weighted by Gasteiger charge is 2.50. The van der Waals surface area contributed by atoms with E-state index in [9.17, 15) is 53.9 Å². The monoisotopic (exact) mass is 1140 g/mol. The first kappa shape index (κ1) is 62.0. The number of aryl methyl sites for hydroxylation is 1. The molecule has 5 bridgehead atoms. The van der Waals surface area contributed by atoms with E-state index < -0.39 is 106 Å². The van der Waals surface area contributed by atoms with Gasteiger partial charge in [0.1, 0.15) is 34.7 Å². The number of carboxylic acid groups (broad SMARTS) is 1. The number of aliphatic hydroxyl groups excluding tert-OH is 2. The number of allylic oxidation sites excluding steroid dienone is 2. The number of fused-ring (bicyclic) bond motifs is 15. The van der Waals surface area contributed by atoms with Gasteiger partial charge >= 0.3 is 17.7 Å². The number of aromatic nitrogens is 1. The molecule has 9 rings (SSSR count).